The summed E-state index contributed by atoms with van der Waals surface area (Å²) in [5, 5.41) is 2.84. The molecule has 1 amide bonds. The molecule has 0 unspecified atom stereocenters. The van der Waals surface area contributed by atoms with E-state index in [0.717, 1.165) is 27.8 Å². The van der Waals surface area contributed by atoms with Gasteiger partial charge in [-0.3, -0.25) is 9.78 Å². The molecule has 2 aromatic carbocycles. The summed E-state index contributed by atoms with van der Waals surface area (Å²) in [5.41, 5.74) is 5.37. The van der Waals surface area contributed by atoms with E-state index in [1.807, 2.05) is 24.3 Å². The van der Waals surface area contributed by atoms with Gasteiger partial charge in [0.15, 0.2) is 0 Å². The van der Waals surface area contributed by atoms with E-state index in [-0.39, 0.29) is 11.7 Å². The Morgan fingerprint density at radius 1 is 0.957 bits per heavy atom. The summed E-state index contributed by atoms with van der Waals surface area (Å²) in [6.07, 6.45) is 3.51. The van der Waals surface area contributed by atoms with E-state index in [9.17, 15) is 9.18 Å². The van der Waals surface area contributed by atoms with Crippen LogP contribution in [0, 0.1) is 5.82 Å². The first-order chi connectivity index (χ1) is 11.2. The Bertz CT molecular complexity index is 889. The molecular formula is C19H13FN2O. The Morgan fingerprint density at radius 3 is 2.48 bits per heavy atom. The van der Waals surface area contributed by atoms with Gasteiger partial charge in [0.2, 0.25) is 0 Å². The number of amides is 1. The van der Waals surface area contributed by atoms with Crippen molar-refractivity contribution in [2.75, 3.05) is 0 Å². The monoisotopic (exact) mass is 304 g/mol. The van der Waals surface area contributed by atoms with Gasteiger partial charge in [-0.2, -0.15) is 0 Å². The summed E-state index contributed by atoms with van der Waals surface area (Å²) in [6.45, 7) is 0.533. The largest absolute Gasteiger partial charge is 0.348 e. The Kier molecular flexibility index (Phi) is 3.15. The standard InChI is InChI=1S/C19H13FN2O/c20-15-5-3-12(4-6-15)17-9-18-14(11-22-19(18)23)8-16(17)13-2-1-7-21-10-13/h1-10H,11H2,(H,22,23). The molecule has 0 spiro atoms. The van der Waals surface area contributed by atoms with E-state index >= 15 is 0 Å². The molecule has 2 heterocycles. The van der Waals surface area contributed by atoms with E-state index in [0.29, 0.717) is 12.1 Å². The summed E-state index contributed by atoms with van der Waals surface area (Å²) in [6, 6.07) is 14.1. The van der Waals surface area contributed by atoms with Gasteiger partial charge in [-0.05, 0) is 52.6 Å². The second kappa shape index (κ2) is 5.32. The van der Waals surface area contributed by atoms with Crippen LogP contribution >= 0.6 is 0 Å². The molecule has 4 heteroatoms. The molecule has 4 rings (SSSR count). The average molecular weight is 304 g/mol. The zero-order valence-electron chi connectivity index (χ0n) is 12.2. The molecule has 0 bridgehead atoms. The molecule has 0 fully saturated rings. The molecule has 23 heavy (non-hydrogen) atoms. The summed E-state index contributed by atoms with van der Waals surface area (Å²) >= 11 is 0. The number of carbonyl (C=O) groups excluding carboxylic acids is 1. The fourth-order valence-corrected chi connectivity index (χ4v) is 2.90. The average Bonchev–Trinajstić information content (AvgIpc) is 2.96. The lowest BCUT2D eigenvalue weighted by Crippen LogP contribution is -2.12. The summed E-state index contributed by atoms with van der Waals surface area (Å²) < 4.78 is 13.2. The van der Waals surface area contributed by atoms with Crippen LogP contribution in [0.3, 0.4) is 0 Å². The molecule has 1 aromatic heterocycles. The zero-order chi connectivity index (χ0) is 15.8. The van der Waals surface area contributed by atoms with Crippen molar-refractivity contribution >= 4 is 5.91 Å². The molecule has 1 N–H and O–H groups in total. The number of benzene rings is 2. The van der Waals surface area contributed by atoms with Crippen molar-refractivity contribution < 1.29 is 9.18 Å². The summed E-state index contributed by atoms with van der Waals surface area (Å²) in [5.74, 6) is -0.350. The van der Waals surface area contributed by atoms with Crippen LogP contribution in [-0.4, -0.2) is 10.9 Å². The predicted octanol–water partition coefficient (Wildman–Crippen LogP) is 3.80. The number of pyridine rings is 1. The van der Waals surface area contributed by atoms with E-state index in [1.165, 1.54) is 12.1 Å². The van der Waals surface area contributed by atoms with Crippen LogP contribution in [0.15, 0.2) is 60.9 Å². The molecule has 3 nitrogen and oxygen atoms in total. The zero-order valence-corrected chi connectivity index (χ0v) is 12.2. The number of carbonyl (C=O) groups is 1. The highest BCUT2D eigenvalue weighted by atomic mass is 19.1. The second-order valence-electron chi connectivity index (χ2n) is 5.49. The van der Waals surface area contributed by atoms with E-state index in [2.05, 4.69) is 10.3 Å². The minimum Gasteiger partial charge on any atom is -0.348 e. The number of rotatable bonds is 2. The van der Waals surface area contributed by atoms with Crippen LogP contribution in [0.1, 0.15) is 15.9 Å². The van der Waals surface area contributed by atoms with Gasteiger partial charge in [-0.1, -0.05) is 18.2 Å². The Labute approximate surface area is 132 Å². The van der Waals surface area contributed by atoms with Gasteiger partial charge >= 0.3 is 0 Å². The van der Waals surface area contributed by atoms with E-state index in [4.69, 9.17) is 0 Å². The van der Waals surface area contributed by atoms with Crippen molar-refractivity contribution in [3.63, 3.8) is 0 Å². The molecule has 0 saturated heterocycles. The molecule has 0 saturated carbocycles. The van der Waals surface area contributed by atoms with Gasteiger partial charge in [0.1, 0.15) is 5.82 Å². The number of halogens is 1. The highest BCUT2D eigenvalue weighted by Gasteiger charge is 2.22. The molecule has 1 aliphatic rings. The number of nitrogens with zero attached hydrogens (tertiary/aromatic N) is 1. The summed E-state index contributed by atoms with van der Waals surface area (Å²) in [7, 11) is 0. The maximum Gasteiger partial charge on any atom is 0.251 e. The molecule has 0 atom stereocenters. The topological polar surface area (TPSA) is 42.0 Å². The van der Waals surface area contributed by atoms with Crippen molar-refractivity contribution in [3.05, 3.63) is 77.9 Å². The third kappa shape index (κ3) is 2.38. The van der Waals surface area contributed by atoms with Gasteiger partial charge in [-0.15, -0.1) is 0 Å². The van der Waals surface area contributed by atoms with Gasteiger partial charge < -0.3 is 5.32 Å². The highest BCUT2D eigenvalue weighted by Crippen LogP contribution is 2.35. The normalized spacial score (nSPS) is 12.8. The molecule has 0 aliphatic carbocycles. The first-order valence-electron chi connectivity index (χ1n) is 7.34. The van der Waals surface area contributed by atoms with Gasteiger partial charge in [0, 0.05) is 30.1 Å². The Morgan fingerprint density at radius 2 is 1.74 bits per heavy atom. The van der Waals surface area contributed by atoms with Crippen LogP contribution in [0.4, 0.5) is 4.39 Å². The first-order valence-corrected chi connectivity index (χ1v) is 7.34. The van der Waals surface area contributed by atoms with Crippen molar-refractivity contribution in [3.8, 4) is 22.3 Å². The van der Waals surface area contributed by atoms with Crippen molar-refractivity contribution in [2.24, 2.45) is 0 Å². The Balaban J connectivity index is 1.97. The van der Waals surface area contributed by atoms with Crippen LogP contribution in [0.25, 0.3) is 22.3 Å². The minimum atomic E-state index is -0.282. The van der Waals surface area contributed by atoms with E-state index < -0.39 is 0 Å². The fraction of sp³-hybridized carbons (Fsp3) is 0.0526. The molecule has 1 aliphatic heterocycles. The Hall–Kier alpha value is -3.01. The maximum atomic E-state index is 13.2. The van der Waals surface area contributed by atoms with Gasteiger partial charge in [0.25, 0.3) is 5.91 Å². The van der Waals surface area contributed by atoms with Gasteiger partial charge in [-0.25, -0.2) is 4.39 Å². The maximum absolute atomic E-state index is 13.2. The molecule has 0 radical (unpaired) electrons. The summed E-state index contributed by atoms with van der Waals surface area (Å²) in [4.78, 5) is 16.1. The lowest BCUT2D eigenvalue weighted by molar-refractivity contribution is 0.0966. The lowest BCUT2D eigenvalue weighted by Gasteiger charge is -2.12. The van der Waals surface area contributed by atoms with Crippen LogP contribution in [0.2, 0.25) is 0 Å². The quantitative estimate of drug-likeness (QED) is 0.782. The first kappa shape index (κ1) is 13.6. The highest BCUT2D eigenvalue weighted by molar-refractivity contribution is 6.01. The molecule has 3 aromatic rings. The third-order valence-electron chi connectivity index (χ3n) is 4.06. The third-order valence-corrected chi connectivity index (χ3v) is 4.06. The smallest absolute Gasteiger partial charge is 0.251 e. The SMILES string of the molecule is O=C1NCc2cc(-c3cccnc3)c(-c3ccc(F)cc3)cc21. The predicted molar refractivity (Wildman–Crippen MR) is 86.2 cm³/mol. The van der Waals surface area contributed by atoms with Crippen LogP contribution in [-0.2, 0) is 6.54 Å². The van der Waals surface area contributed by atoms with Crippen LogP contribution < -0.4 is 5.32 Å². The van der Waals surface area contributed by atoms with Crippen LogP contribution in [0.5, 0.6) is 0 Å². The van der Waals surface area contributed by atoms with Crippen molar-refractivity contribution in [1.82, 2.24) is 10.3 Å². The fourth-order valence-electron chi connectivity index (χ4n) is 2.90. The lowest BCUT2D eigenvalue weighted by atomic mass is 9.91. The molecule has 112 valence electrons. The number of hydrogen-bond acceptors (Lipinski definition) is 2. The second-order valence-corrected chi connectivity index (χ2v) is 5.49. The van der Waals surface area contributed by atoms with E-state index in [1.54, 1.807) is 24.5 Å². The number of hydrogen-bond donors (Lipinski definition) is 1. The molecular weight excluding hydrogens is 291 g/mol. The number of fused-ring (bicyclic) bond motifs is 1. The van der Waals surface area contributed by atoms with Crippen molar-refractivity contribution in [2.45, 2.75) is 6.54 Å². The minimum absolute atomic E-state index is 0.0684. The number of aromatic nitrogens is 1. The van der Waals surface area contributed by atoms with Gasteiger partial charge in [0.05, 0.1) is 0 Å². The number of nitrogens with one attached hydrogen (secondary N) is 1. The van der Waals surface area contributed by atoms with Crippen molar-refractivity contribution in [1.29, 1.82) is 0 Å².